The highest BCUT2D eigenvalue weighted by Crippen LogP contribution is 2.34. The maximum atomic E-state index is 15.0. The summed E-state index contributed by atoms with van der Waals surface area (Å²) in [6.07, 6.45) is -3.08. The third kappa shape index (κ3) is 7.08. The summed E-state index contributed by atoms with van der Waals surface area (Å²) in [7, 11) is 0. The maximum absolute atomic E-state index is 15.0. The number of ether oxygens (including phenoxy) is 1. The van der Waals surface area contributed by atoms with Gasteiger partial charge in [-0.05, 0) is 72.5 Å². The summed E-state index contributed by atoms with van der Waals surface area (Å²) < 4.78 is 58.2. The van der Waals surface area contributed by atoms with Crippen LogP contribution in [0.3, 0.4) is 0 Å². The number of carbonyl (C=O) groups is 2. The van der Waals surface area contributed by atoms with E-state index in [0.29, 0.717) is 16.9 Å². The third-order valence-electron chi connectivity index (χ3n) is 6.48. The quantitative estimate of drug-likeness (QED) is 0.219. The molecule has 1 saturated heterocycles. The van der Waals surface area contributed by atoms with Gasteiger partial charge in [0.05, 0.1) is 22.8 Å². The van der Waals surface area contributed by atoms with E-state index in [2.05, 4.69) is 20.4 Å². The number of rotatable bonds is 7. The van der Waals surface area contributed by atoms with Crippen LogP contribution in [-0.4, -0.2) is 50.4 Å². The van der Waals surface area contributed by atoms with E-state index in [4.69, 9.17) is 4.74 Å². The minimum absolute atomic E-state index is 0.0394. The number of alkyl halides is 3. The minimum Gasteiger partial charge on any atom is -0.484 e. The van der Waals surface area contributed by atoms with E-state index in [1.165, 1.54) is 52.3 Å². The summed E-state index contributed by atoms with van der Waals surface area (Å²) in [5.41, 5.74) is 3.23. The normalized spacial score (nSPS) is 14.5. The van der Waals surface area contributed by atoms with E-state index in [1.54, 1.807) is 0 Å². The summed E-state index contributed by atoms with van der Waals surface area (Å²) >= 11 is 1.13. The second-order valence-electron chi connectivity index (χ2n) is 10.2. The van der Waals surface area contributed by atoms with Crippen molar-refractivity contribution in [3.05, 3.63) is 83.9 Å². The highest BCUT2D eigenvalue weighted by Gasteiger charge is 2.32. The summed E-state index contributed by atoms with van der Waals surface area (Å²) in [5.74, 6) is -0.503. The number of thioether (sulfide) groups is 1. The number of nitrogens with zero attached hydrogens (tertiary/aromatic N) is 5. The van der Waals surface area contributed by atoms with Crippen molar-refractivity contribution >= 4 is 40.2 Å². The first-order valence-corrected chi connectivity index (χ1v) is 14.3. The minimum atomic E-state index is -4.45. The molecule has 0 saturated carbocycles. The fraction of sp³-hybridized carbons (Fsp3) is 0.233. The van der Waals surface area contributed by atoms with Crippen molar-refractivity contribution in [3.63, 3.8) is 0 Å². The molecule has 44 heavy (non-hydrogen) atoms. The van der Waals surface area contributed by atoms with Gasteiger partial charge in [-0.1, -0.05) is 37.7 Å². The molecule has 3 aromatic carbocycles. The van der Waals surface area contributed by atoms with Crippen LogP contribution in [0.1, 0.15) is 30.9 Å². The molecule has 0 radical (unpaired) electrons. The molecule has 9 nitrogen and oxygen atoms in total. The van der Waals surface area contributed by atoms with Crippen LogP contribution in [-0.2, 0) is 4.79 Å². The van der Waals surface area contributed by atoms with Gasteiger partial charge in [-0.3, -0.25) is 9.69 Å². The van der Waals surface area contributed by atoms with Crippen molar-refractivity contribution in [2.24, 2.45) is 4.99 Å². The van der Waals surface area contributed by atoms with Crippen LogP contribution in [0.4, 0.5) is 33.7 Å². The number of amidine groups is 1. The molecule has 14 heteroatoms. The Labute approximate surface area is 254 Å². The number of anilines is 2. The highest BCUT2D eigenvalue weighted by molar-refractivity contribution is 8.15. The van der Waals surface area contributed by atoms with E-state index >= 15 is 4.39 Å². The first-order valence-electron chi connectivity index (χ1n) is 13.4. The molecule has 1 fully saturated rings. The first kappa shape index (κ1) is 30.7. The molecule has 5 rings (SSSR count). The smallest absolute Gasteiger partial charge is 0.422 e. The Balaban J connectivity index is 1.29. The lowest BCUT2D eigenvalue weighted by Crippen LogP contribution is -2.31. The molecule has 3 amide bonds. The van der Waals surface area contributed by atoms with Crippen molar-refractivity contribution < 1.29 is 31.9 Å². The van der Waals surface area contributed by atoms with Crippen LogP contribution in [0.25, 0.3) is 17.1 Å². The van der Waals surface area contributed by atoms with Gasteiger partial charge in [-0.25, -0.2) is 18.9 Å². The zero-order chi connectivity index (χ0) is 31.6. The van der Waals surface area contributed by atoms with E-state index in [9.17, 15) is 22.8 Å². The summed E-state index contributed by atoms with van der Waals surface area (Å²) in [6.45, 7) is 4.53. The number of amides is 3. The van der Waals surface area contributed by atoms with E-state index in [-0.39, 0.29) is 40.0 Å². The van der Waals surface area contributed by atoms with E-state index in [1.807, 2.05) is 39.0 Å². The molecule has 2 heterocycles. The number of aromatic nitrogens is 3. The SMILES string of the molecule is Cc1ccc(C(C)C)c(N2C(=O)CSC2=NC(=O)Nc2ccc(-c3ncn(-c4ccc(OCC(F)(F)F)cc4)n3)cc2F)c1. The van der Waals surface area contributed by atoms with Crippen LogP contribution >= 0.6 is 11.8 Å². The predicted octanol–water partition coefficient (Wildman–Crippen LogP) is 7.11. The lowest BCUT2D eigenvalue weighted by Gasteiger charge is -2.22. The fourth-order valence-electron chi connectivity index (χ4n) is 4.38. The molecule has 0 spiro atoms. The van der Waals surface area contributed by atoms with Crippen molar-refractivity contribution in [1.82, 2.24) is 14.8 Å². The summed E-state index contributed by atoms with van der Waals surface area (Å²) in [4.78, 5) is 35.3. The standard InChI is InChI=1S/C30H26F4N6O3S/c1-17(2)22-10-4-18(3)12-25(22)40-26(41)14-44-29(40)37-28(42)36-24-11-5-19(13-23(24)31)27-35-16-39(38-27)20-6-8-21(9-7-20)43-15-30(32,33)34/h4-13,16-17H,14-15H2,1-3H3,(H,36,42). The Morgan fingerprint density at radius 3 is 2.55 bits per heavy atom. The van der Waals surface area contributed by atoms with E-state index < -0.39 is 24.6 Å². The van der Waals surface area contributed by atoms with Gasteiger partial charge in [0.15, 0.2) is 17.6 Å². The van der Waals surface area contributed by atoms with Crippen molar-refractivity contribution in [2.75, 3.05) is 22.6 Å². The Hall–Kier alpha value is -4.72. The van der Waals surface area contributed by atoms with Crippen LogP contribution < -0.4 is 15.0 Å². The first-order chi connectivity index (χ1) is 20.9. The molecule has 0 unspecified atom stereocenters. The zero-order valence-corrected chi connectivity index (χ0v) is 24.5. The molecule has 0 atom stereocenters. The lowest BCUT2D eigenvalue weighted by molar-refractivity contribution is -0.153. The Bertz CT molecular complexity index is 1740. The number of halogens is 4. The van der Waals surface area contributed by atoms with Gasteiger partial charge in [0.1, 0.15) is 17.9 Å². The zero-order valence-electron chi connectivity index (χ0n) is 23.7. The van der Waals surface area contributed by atoms with Crippen molar-refractivity contribution in [2.45, 2.75) is 32.9 Å². The van der Waals surface area contributed by atoms with Gasteiger partial charge >= 0.3 is 12.2 Å². The van der Waals surface area contributed by atoms with Crippen LogP contribution in [0.2, 0.25) is 0 Å². The van der Waals surface area contributed by atoms with Crippen LogP contribution in [0, 0.1) is 12.7 Å². The maximum Gasteiger partial charge on any atom is 0.422 e. The molecule has 0 bridgehead atoms. The van der Waals surface area contributed by atoms with Gasteiger partial charge < -0.3 is 10.1 Å². The van der Waals surface area contributed by atoms with E-state index in [0.717, 1.165) is 29.0 Å². The molecule has 0 aliphatic carbocycles. The summed E-state index contributed by atoms with van der Waals surface area (Å²) in [6, 6.07) is 14.7. The average Bonchev–Trinajstić information content (AvgIpc) is 3.60. The molecular formula is C30H26F4N6O3S. The predicted molar refractivity (Wildman–Crippen MR) is 160 cm³/mol. The van der Waals surface area contributed by atoms with Gasteiger partial charge in [-0.2, -0.15) is 18.2 Å². The van der Waals surface area contributed by atoms with Crippen LogP contribution in [0.15, 0.2) is 72.0 Å². The number of carbonyl (C=O) groups excluding carboxylic acids is 2. The molecular weight excluding hydrogens is 600 g/mol. The summed E-state index contributed by atoms with van der Waals surface area (Å²) in [5, 5.41) is 6.93. The Morgan fingerprint density at radius 1 is 1.11 bits per heavy atom. The molecule has 228 valence electrons. The molecule has 1 aliphatic rings. The Kier molecular flexibility index (Phi) is 8.72. The number of hydrogen-bond acceptors (Lipinski definition) is 6. The number of urea groups is 1. The second kappa shape index (κ2) is 12.5. The number of aliphatic imine (C=N–C) groups is 1. The fourth-order valence-corrected chi connectivity index (χ4v) is 5.24. The van der Waals surface area contributed by atoms with Gasteiger partial charge in [0, 0.05) is 5.56 Å². The highest BCUT2D eigenvalue weighted by atomic mass is 32.2. The number of hydrogen-bond donors (Lipinski definition) is 1. The number of benzene rings is 3. The van der Waals surface area contributed by atoms with Crippen molar-refractivity contribution in [3.8, 4) is 22.8 Å². The van der Waals surface area contributed by atoms with Gasteiger partial charge in [-0.15, -0.1) is 5.10 Å². The number of aryl methyl sites for hydroxylation is 1. The van der Waals surface area contributed by atoms with Gasteiger partial charge in [0.2, 0.25) is 5.91 Å². The Morgan fingerprint density at radius 2 is 1.86 bits per heavy atom. The molecule has 1 aliphatic heterocycles. The monoisotopic (exact) mass is 626 g/mol. The average molecular weight is 627 g/mol. The molecule has 4 aromatic rings. The number of nitrogens with one attached hydrogen (secondary N) is 1. The topological polar surface area (TPSA) is 102 Å². The second-order valence-corrected chi connectivity index (χ2v) is 11.1. The largest absolute Gasteiger partial charge is 0.484 e. The molecule has 1 aromatic heterocycles. The van der Waals surface area contributed by atoms with Crippen molar-refractivity contribution in [1.29, 1.82) is 0 Å². The third-order valence-corrected chi connectivity index (χ3v) is 7.40. The lowest BCUT2D eigenvalue weighted by atomic mass is 9.99. The van der Waals surface area contributed by atoms with Gasteiger partial charge in [0.25, 0.3) is 0 Å². The van der Waals surface area contributed by atoms with Crippen LogP contribution in [0.5, 0.6) is 5.75 Å². The molecule has 1 N–H and O–H groups in total.